The highest BCUT2D eigenvalue weighted by Crippen LogP contribution is 2.27. The molecular formula is C17H23N3O. The summed E-state index contributed by atoms with van der Waals surface area (Å²) in [5.41, 5.74) is 9.96. The number of aryl methyl sites for hydroxylation is 1. The van der Waals surface area contributed by atoms with Gasteiger partial charge in [-0.3, -0.25) is 0 Å². The van der Waals surface area contributed by atoms with Crippen molar-refractivity contribution >= 4 is 0 Å². The number of aromatic nitrogens is 2. The quantitative estimate of drug-likeness (QED) is 0.906. The molecule has 0 aliphatic heterocycles. The predicted octanol–water partition coefficient (Wildman–Crippen LogP) is 3.86. The van der Waals surface area contributed by atoms with Crippen LogP contribution in [0.2, 0.25) is 0 Å². The van der Waals surface area contributed by atoms with Crippen molar-refractivity contribution in [3.05, 3.63) is 46.6 Å². The Morgan fingerprint density at radius 3 is 2.38 bits per heavy atom. The lowest BCUT2D eigenvalue weighted by Crippen LogP contribution is -2.07. The van der Waals surface area contributed by atoms with Crippen LogP contribution in [0.4, 0.5) is 0 Å². The Labute approximate surface area is 126 Å². The van der Waals surface area contributed by atoms with Gasteiger partial charge in [-0.05, 0) is 49.4 Å². The van der Waals surface area contributed by atoms with E-state index < -0.39 is 0 Å². The van der Waals surface area contributed by atoms with Crippen LogP contribution >= 0.6 is 0 Å². The van der Waals surface area contributed by atoms with E-state index in [-0.39, 0.29) is 0 Å². The summed E-state index contributed by atoms with van der Waals surface area (Å²) in [4.78, 5) is 0. The molecule has 0 saturated heterocycles. The molecule has 4 nitrogen and oxygen atoms in total. The van der Waals surface area contributed by atoms with Crippen LogP contribution in [-0.4, -0.2) is 10.2 Å². The van der Waals surface area contributed by atoms with Gasteiger partial charge in [0.2, 0.25) is 5.88 Å². The first-order chi connectivity index (χ1) is 10.1. The van der Waals surface area contributed by atoms with Gasteiger partial charge in [0.15, 0.2) is 0 Å². The summed E-state index contributed by atoms with van der Waals surface area (Å²) in [7, 11) is 0. The highest BCUT2D eigenvalue weighted by atomic mass is 16.5. The normalized spacial score (nSPS) is 12.2. The molecule has 1 aromatic carbocycles. The van der Waals surface area contributed by atoms with Gasteiger partial charge in [0.25, 0.3) is 0 Å². The Kier molecular flexibility index (Phi) is 4.91. The number of benzene rings is 1. The van der Waals surface area contributed by atoms with Crippen molar-refractivity contribution in [3.8, 4) is 11.6 Å². The van der Waals surface area contributed by atoms with Crippen LogP contribution < -0.4 is 10.5 Å². The molecule has 0 aliphatic carbocycles. The molecule has 2 aromatic rings. The van der Waals surface area contributed by atoms with Gasteiger partial charge in [-0.1, -0.05) is 26.0 Å². The molecule has 1 atom stereocenters. The molecule has 21 heavy (non-hydrogen) atoms. The number of hydrogen-bond acceptors (Lipinski definition) is 4. The molecule has 2 N–H and O–H groups in total. The van der Waals surface area contributed by atoms with E-state index in [1.54, 1.807) is 0 Å². The van der Waals surface area contributed by atoms with Crippen LogP contribution in [-0.2, 0) is 6.54 Å². The van der Waals surface area contributed by atoms with Crippen LogP contribution in [0, 0.1) is 13.8 Å². The van der Waals surface area contributed by atoms with Crippen LogP contribution in [0.3, 0.4) is 0 Å². The molecule has 1 heterocycles. The van der Waals surface area contributed by atoms with Crippen molar-refractivity contribution < 1.29 is 4.74 Å². The molecule has 1 unspecified atom stereocenters. The van der Waals surface area contributed by atoms with Crippen molar-refractivity contribution in [2.45, 2.75) is 46.6 Å². The molecule has 1 aromatic heterocycles. The van der Waals surface area contributed by atoms with Crippen molar-refractivity contribution in [3.63, 3.8) is 0 Å². The predicted molar refractivity (Wildman–Crippen MR) is 84.6 cm³/mol. The Morgan fingerprint density at radius 2 is 1.81 bits per heavy atom. The average molecular weight is 285 g/mol. The maximum Gasteiger partial charge on any atom is 0.243 e. The largest absolute Gasteiger partial charge is 0.437 e. The Bertz CT molecular complexity index is 608. The molecule has 4 heteroatoms. The van der Waals surface area contributed by atoms with E-state index in [4.69, 9.17) is 10.5 Å². The lowest BCUT2D eigenvalue weighted by atomic mass is 9.99. The molecule has 0 radical (unpaired) electrons. The fourth-order valence-electron chi connectivity index (χ4n) is 2.17. The second-order valence-electron chi connectivity index (χ2n) is 5.38. The third kappa shape index (κ3) is 3.39. The monoisotopic (exact) mass is 285 g/mol. The number of rotatable bonds is 5. The van der Waals surface area contributed by atoms with Gasteiger partial charge in [-0.2, -0.15) is 5.10 Å². The van der Waals surface area contributed by atoms with Gasteiger partial charge in [0, 0.05) is 12.1 Å². The minimum Gasteiger partial charge on any atom is -0.437 e. The first-order valence-electron chi connectivity index (χ1n) is 7.37. The zero-order chi connectivity index (χ0) is 15.4. The summed E-state index contributed by atoms with van der Waals surface area (Å²) in [5, 5.41) is 8.24. The molecule has 0 aliphatic rings. The van der Waals surface area contributed by atoms with Crippen LogP contribution in [0.5, 0.6) is 11.6 Å². The molecule has 112 valence electrons. The third-order valence-corrected chi connectivity index (χ3v) is 4.02. The van der Waals surface area contributed by atoms with Crippen molar-refractivity contribution in [2.24, 2.45) is 5.73 Å². The Morgan fingerprint density at radius 1 is 1.14 bits per heavy atom. The summed E-state index contributed by atoms with van der Waals surface area (Å²) in [5.74, 6) is 1.81. The van der Waals surface area contributed by atoms with E-state index >= 15 is 0 Å². The lowest BCUT2D eigenvalue weighted by Gasteiger charge is -2.13. The molecule has 2 rings (SSSR count). The topological polar surface area (TPSA) is 61.0 Å². The smallest absolute Gasteiger partial charge is 0.243 e. The summed E-state index contributed by atoms with van der Waals surface area (Å²) >= 11 is 0. The molecule has 0 amide bonds. The molecule has 0 bridgehead atoms. The SMILES string of the molecule is CCC(C)c1ccc(Oc2nnc(C)c(C)c2CN)cc1. The van der Waals surface area contributed by atoms with E-state index in [9.17, 15) is 0 Å². The van der Waals surface area contributed by atoms with Crippen LogP contribution in [0.15, 0.2) is 24.3 Å². The van der Waals surface area contributed by atoms with Crippen molar-refractivity contribution in [2.75, 3.05) is 0 Å². The van der Waals surface area contributed by atoms with Crippen molar-refractivity contribution in [1.29, 1.82) is 0 Å². The van der Waals surface area contributed by atoms with Gasteiger partial charge >= 0.3 is 0 Å². The first-order valence-corrected chi connectivity index (χ1v) is 7.37. The van der Waals surface area contributed by atoms with Gasteiger partial charge in [0.1, 0.15) is 5.75 Å². The fourth-order valence-corrected chi connectivity index (χ4v) is 2.17. The maximum atomic E-state index is 5.85. The van der Waals surface area contributed by atoms with Crippen molar-refractivity contribution in [1.82, 2.24) is 10.2 Å². The Hall–Kier alpha value is -1.94. The maximum absolute atomic E-state index is 5.85. The average Bonchev–Trinajstić information content (AvgIpc) is 2.51. The highest BCUT2D eigenvalue weighted by Gasteiger charge is 2.12. The standard InChI is InChI=1S/C17H23N3O/c1-5-11(2)14-6-8-15(9-7-14)21-17-16(10-18)12(3)13(4)19-20-17/h6-9,11H,5,10,18H2,1-4H3. The van der Waals surface area contributed by atoms with E-state index in [1.165, 1.54) is 5.56 Å². The molecule has 0 saturated carbocycles. The van der Waals surface area contributed by atoms with Gasteiger partial charge in [-0.25, -0.2) is 0 Å². The third-order valence-electron chi connectivity index (χ3n) is 4.02. The molecule has 0 spiro atoms. The number of nitrogens with two attached hydrogens (primary N) is 1. The second-order valence-corrected chi connectivity index (χ2v) is 5.38. The summed E-state index contributed by atoms with van der Waals surface area (Å²) < 4.78 is 5.85. The summed E-state index contributed by atoms with van der Waals surface area (Å²) in [6.07, 6.45) is 1.13. The summed E-state index contributed by atoms with van der Waals surface area (Å²) in [6, 6.07) is 8.14. The zero-order valence-corrected chi connectivity index (χ0v) is 13.2. The zero-order valence-electron chi connectivity index (χ0n) is 13.2. The van der Waals surface area contributed by atoms with Gasteiger partial charge in [-0.15, -0.1) is 5.10 Å². The van der Waals surface area contributed by atoms with E-state index in [0.29, 0.717) is 18.3 Å². The van der Waals surface area contributed by atoms with Gasteiger partial charge in [0.05, 0.1) is 5.69 Å². The molecular weight excluding hydrogens is 262 g/mol. The van der Waals surface area contributed by atoms with Crippen LogP contribution in [0.1, 0.15) is 48.6 Å². The number of ether oxygens (including phenoxy) is 1. The summed E-state index contributed by atoms with van der Waals surface area (Å²) in [6.45, 7) is 8.71. The van der Waals surface area contributed by atoms with E-state index in [1.807, 2.05) is 26.0 Å². The van der Waals surface area contributed by atoms with E-state index in [2.05, 4.69) is 36.2 Å². The molecule has 0 fully saturated rings. The van der Waals surface area contributed by atoms with E-state index in [0.717, 1.165) is 29.0 Å². The minimum absolute atomic E-state index is 0.391. The fraction of sp³-hybridized carbons (Fsp3) is 0.412. The number of hydrogen-bond donors (Lipinski definition) is 1. The minimum atomic E-state index is 0.391. The lowest BCUT2D eigenvalue weighted by molar-refractivity contribution is 0.446. The van der Waals surface area contributed by atoms with Gasteiger partial charge < -0.3 is 10.5 Å². The first kappa shape index (κ1) is 15.4. The highest BCUT2D eigenvalue weighted by molar-refractivity contribution is 5.39. The number of nitrogens with zero attached hydrogens (tertiary/aromatic N) is 2. The van der Waals surface area contributed by atoms with Crippen LogP contribution in [0.25, 0.3) is 0 Å². The Balaban J connectivity index is 2.24. The second kappa shape index (κ2) is 6.68.